The maximum Gasteiger partial charge on any atom is 0.257 e. The topological polar surface area (TPSA) is 66.6 Å². The Kier molecular flexibility index (Phi) is 4.72. The Balaban J connectivity index is 2.29. The van der Waals surface area contributed by atoms with Crippen LogP contribution in [0.25, 0.3) is 0 Å². The van der Waals surface area contributed by atoms with Crippen LogP contribution in [0.3, 0.4) is 0 Å². The second-order valence-corrected chi connectivity index (χ2v) is 4.68. The number of hydrogen-bond donors (Lipinski definition) is 2. The fourth-order valence-corrected chi connectivity index (χ4v) is 2.37. The Morgan fingerprint density at radius 1 is 1.55 bits per heavy atom. The van der Waals surface area contributed by atoms with Crippen molar-refractivity contribution >= 4 is 5.91 Å². The second kappa shape index (κ2) is 6.51. The lowest BCUT2D eigenvalue weighted by Crippen LogP contribution is -2.38. The molecule has 1 aromatic rings. The number of hydrogen-bond acceptors (Lipinski definition) is 3. The van der Waals surface area contributed by atoms with Crippen LogP contribution in [-0.2, 0) is 0 Å². The van der Waals surface area contributed by atoms with Crippen LogP contribution in [0, 0.1) is 17.7 Å². The number of likely N-dealkylation sites (tertiary alicyclic amines) is 1. The number of aliphatic hydroxyl groups is 1. The molecule has 3 N–H and O–H groups in total. The highest BCUT2D eigenvalue weighted by atomic mass is 19.1. The van der Waals surface area contributed by atoms with Crippen molar-refractivity contribution < 1.29 is 14.3 Å². The highest BCUT2D eigenvalue weighted by molar-refractivity contribution is 5.95. The average molecular weight is 276 g/mol. The van der Waals surface area contributed by atoms with Gasteiger partial charge in [-0.05, 0) is 31.0 Å². The minimum absolute atomic E-state index is 0.00540. The van der Waals surface area contributed by atoms with E-state index in [9.17, 15) is 14.3 Å². The Hall–Kier alpha value is -1.90. The van der Waals surface area contributed by atoms with Gasteiger partial charge in [-0.25, -0.2) is 4.39 Å². The fourth-order valence-electron chi connectivity index (χ4n) is 2.37. The van der Waals surface area contributed by atoms with Crippen LogP contribution < -0.4 is 5.73 Å². The zero-order valence-corrected chi connectivity index (χ0v) is 11.1. The molecule has 1 aliphatic rings. The van der Waals surface area contributed by atoms with E-state index in [1.54, 1.807) is 0 Å². The van der Waals surface area contributed by atoms with Crippen LogP contribution in [0.5, 0.6) is 0 Å². The van der Waals surface area contributed by atoms with Crippen LogP contribution in [0.4, 0.5) is 4.39 Å². The van der Waals surface area contributed by atoms with Crippen molar-refractivity contribution in [2.45, 2.75) is 18.9 Å². The molecule has 5 heteroatoms. The van der Waals surface area contributed by atoms with E-state index < -0.39 is 11.7 Å². The lowest BCUT2D eigenvalue weighted by Gasteiger charge is -2.23. The number of rotatable bonds is 2. The van der Waals surface area contributed by atoms with Gasteiger partial charge < -0.3 is 15.7 Å². The summed E-state index contributed by atoms with van der Waals surface area (Å²) >= 11 is 0. The predicted molar refractivity (Wildman–Crippen MR) is 73.5 cm³/mol. The Morgan fingerprint density at radius 3 is 3.05 bits per heavy atom. The number of halogens is 1. The van der Waals surface area contributed by atoms with E-state index in [0.717, 1.165) is 12.8 Å². The first kappa shape index (κ1) is 14.5. The van der Waals surface area contributed by atoms with Gasteiger partial charge in [0.25, 0.3) is 5.91 Å². The average Bonchev–Trinajstić information content (AvgIpc) is 2.94. The molecule has 1 aliphatic heterocycles. The summed E-state index contributed by atoms with van der Waals surface area (Å²) in [5, 5.41) is 9.25. The molecule has 0 radical (unpaired) electrons. The summed E-state index contributed by atoms with van der Waals surface area (Å²) in [6, 6.07) is 3.97. The standard InChI is InChI=1S/C15H17FN2O2/c16-14-6-5-11(3-1-7-17)9-13(14)15(20)18-8-2-4-12(18)10-19/h5-6,9,12,19H,2,4,7-8,10,17H2. The molecule has 106 valence electrons. The first-order valence-corrected chi connectivity index (χ1v) is 6.57. The molecule has 2 rings (SSSR count). The molecule has 0 bridgehead atoms. The lowest BCUT2D eigenvalue weighted by molar-refractivity contribution is 0.0673. The molecular weight excluding hydrogens is 259 g/mol. The van der Waals surface area contributed by atoms with Crippen LogP contribution in [0.1, 0.15) is 28.8 Å². The minimum Gasteiger partial charge on any atom is -0.394 e. The molecule has 4 nitrogen and oxygen atoms in total. The molecule has 0 saturated carbocycles. The molecule has 0 spiro atoms. The first-order chi connectivity index (χ1) is 9.67. The number of carbonyl (C=O) groups excluding carboxylic acids is 1. The Bertz CT molecular complexity index is 563. The van der Waals surface area contributed by atoms with Gasteiger partial charge in [0, 0.05) is 12.1 Å². The number of nitrogens with zero attached hydrogens (tertiary/aromatic N) is 1. The van der Waals surface area contributed by atoms with Crippen LogP contribution in [0.2, 0.25) is 0 Å². The molecule has 1 fully saturated rings. The summed E-state index contributed by atoms with van der Waals surface area (Å²) in [7, 11) is 0. The van der Waals surface area contributed by atoms with E-state index in [1.807, 2.05) is 0 Å². The molecule has 1 saturated heterocycles. The van der Waals surface area contributed by atoms with E-state index in [-0.39, 0.29) is 24.8 Å². The maximum atomic E-state index is 13.8. The van der Waals surface area contributed by atoms with Crippen molar-refractivity contribution in [2.24, 2.45) is 5.73 Å². The molecule has 1 aromatic carbocycles. The van der Waals surface area contributed by atoms with Crippen molar-refractivity contribution in [2.75, 3.05) is 19.7 Å². The predicted octanol–water partition coefficient (Wildman–Crippen LogP) is 0.733. The maximum absolute atomic E-state index is 13.8. The lowest BCUT2D eigenvalue weighted by atomic mass is 10.1. The van der Waals surface area contributed by atoms with Crippen molar-refractivity contribution in [3.8, 4) is 11.8 Å². The summed E-state index contributed by atoms with van der Waals surface area (Å²) in [6.45, 7) is 0.654. The van der Waals surface area contributed by atoms with Gasteiger partial charge >= 0.3 is 0 Å². The van der Waals surface area contributed by atoms with E-state index in [4.69, 9.17) is 5.73 Å². The molecule has 1 unspecified atom stereocenters. The van der Waals surface area contributed by atoms with Crippen molar-refractivity contribution in [3.63, 3.8) is 0 Å². The third-order valence-electron chi connectivity index (χ3n) is 3.38. The largest absolute Gasteiger partial charge is 0.394 e. The van der Waals surface area contributed by atoms with E-state index in [1.165, 1.54) is 23.1 Å². The van der Waals surface area contributed by atoms with Gasteiger partial charge in [0.1, 0.15) is 5.82 Å². The SMILES string of the molecule is NCC#Cc1ccc(F)c(C(=O)N2CCCC2CO)c1. The van der Waals surface area contributed by atoms with Crippen molar-refractivity contribution in [1.29, 1.82) is 0 Å². The number of benzene rings is 1. The fraction of sp³-hybridized carbons (Fsp3) is 0.400. The van der Waals surface area contributed by atoms with Crippen molar-refractivity contribution in [3.05, 3.63) is 35.1 Å². The molecule has 0 aliphatic carbocycles. The Morgan fingerprint density at radius 2 is 2.35 bits per heavy atom. The quantitative estimate of drug-likeness (QED) is 0.783. The summed E-state index contributed by atoms with van der Waals surface area (Å²) in [6.07, 6.45) is 1.57. The number of amides is 1. The highest BCUT2D eigenvalue weighted by Crippen LogP contribution is 2.21. The van der Waals surface area contributed by atoms with Gasteiger partial charge in [0.2, 0.25) is 0 Å². The van der Waals surface area contributed by atoms with E-state index in [0.29, 0.717) is 12.1 Å². The number of carbonyl (C=O) groups is 1. The van der Waals surface area contributed by atoms with Crippen LogP contribution in [-0.4, -0.2) is 41.7 Å². The first-order valence-electron chi connectivity index (χ1n) is 6.57. The van der Waals surface area contributed by atoms with Gasteiger partial charge in [-0.15, -0.1) is 0 Å². The molecule has 1 atom stereocenters. The minimum atomic E-state index is -0.572. The molecule has 1 heterocycles. The van der Waals surface area contributed by atoms with Gasteiger partial charge in [0.05, 0.1) is 24.8 Å². The van der Waals surface area contributed by atoms with Gasteiger partial charge in [0.15, 0.2) is 0 Å². The molecule has 0 aromatic heterocycles. The smallest absolute Gasteiger partial charge is 0.257 e. The zero-order valence-electron chi connectivity index (χ0n) is 11.1. The highest BCUT2D eigenvalue weighted by Gasteiger charge is 2.30. The third kappa shape index (κ3) is 2.98. The molecule has 1 amide bonds. The molecular formula is C15H17FN2O2. The van der Waals surface area contributed by atoms with E-state index in [2.05, 4.69) is 11.8 Å². The summed E-state index contributed by atoms with van der Waals surface area (Å²) in [5.41, 5.74) is 5.84. The third-order valence-corrected chi connectivity index (χ3v) is 3.38. The normalized spacial score (nSPS) is 17.8. The van der Waals surface area contributed by atoms with Crippen LogP contribution >= 0.6 is 0 Å². The second-order valence-electron chi connectivity index (χ2n) is 4.68. The Labute approximate surface area is 117 Å². The summed E-state index contributed by atoms with van der Waals surface area (Å²) < 4.78 is 13.8. The number of nitrogens with two attached hydrogens (primary N) is 1. The van der Waals surface area contributed by atoms with Gasteiger partial charge in [-0.1, -0.05) is 11.8 Å². The number of aliphatic hydroxyl groups excluding tert-OH is 1. The monoisotopic (exact) mass is 276 g/mol. The van der Waals surface area contributed by atoms with Crippen molar-refractivity contribution in [1.82, 2.24) is 4.90 Å². The van der Waals surface area contributed by atoms with E-state index >= 15 is 0 Å². The van der Waals surface area contributed by atoms with Gasteiger partial charge in [-0.3, -0.25) is 4.79 Å². The summed E-state index contributed by atoms with van der Waals surface area (Å²) in [5.74, 6) is 4.49. The van der Waals surface area contributed by atoms with Crippen LogP contribution in [0.15, 0.2) is 18.2 Å². The molecule has 20 heavy (non-hydrogen) atoms. The zero-order chi connectivity index (χ0) is 14.5. The van der Waals surface area contributed by atoms with Gasteiger partial charge in [-0.2, -0.15) is 0 Å². The summed E-state index contributed by atoms with van der Waals surface area (Å²) in [4.78, 5) is 13.9.